The van der Waals surface area contributed by atoms with Crippen molar-refractivity contribution in [3.8, 4) is 21.8 Å². The first kappa shape index (κ1) is 25.2. The number of aromatic nitrogens is 5. The van der Waals surface area contributed by atoms with E-state index in [1.807, 2.05) is 25.3 Å². The number of nitrogens with one attached hydrogen (secondary N) is 1. The van der Waals surface area contributed by atoms with Crippen molar-refractivity contribution in [2.24, 2.45) is 0 Å². The van der Waals surface area contributed by atoms with Gasteiger partial charge >= 0.3 is 0 Å². The molecule has 4 heterocycles. The van der Waals surface area contributed by atoms with Crippen LogP contribution in [0.25, 0.3) is 27.5 Å². The molecule has 0 spiro atoms. The summed E-state index contributed by atoms with van der Waals surface area (Å²) in [4.78, 5) is 14.9. The first-order valence-electron chi connectivity index (χ1n) is 11.7. The normalized spacial score (nSPS) is 12.9. The minimum absolute atomic E-state index is 0.0533. The molecule has 4 aromatic heterocycles. The van der Waals surface area contributed by atoms with Crippen LogP contribution in [0.2, 0.25) is 0 Å². The van der Waals surface area contributed by atoms with Crippen molar-refractivity contribution in [1.82, 2.24) is 29.9 Å². The summed E-state index contributed by atoms with van der Waals surface area (Å²) in [5, 5.41) is 8.73. The molecule has 0 aliphatic carbocycles. The van der Waals surface area contributed by atoms with Crippen molar-refractivity contribution in [3.05, 3.63) is 41.3 Å². The Hall–Kier alpha value is -2.89. The molecule has 35 heavy (non-hydrogen) atoms. The molecule has 3 N–H and O–H groups in total. The van der Waals surface area contributed by atoms with Gasteiger partial charge in [0.05, 0.1) is 17.6 Å². The average molecular weight is 514 g/mol. The number of nitrogen functional groups attached to an aromatic ring is 1. The average Bonchev–Trinajstić information content (AvgIpc) is 3.45. The van der Waals surface area contributed by atoms with Crippen LogP contribution in [0.4, 0.5) is 5.82 Å². The van der Waals surface area contributed by atoms with E-state index in [4.69, 9.17) is 10.7 Å². The highest BCUT2D eigenvalue weighted by molar-refractivity contribution is 7.91. The van der Waals surface area contributed by atoms with Gasteiger partial charge in [-0.1, -0.05) is 19.9 Å². The summed E-state index contributed by atoms with van der Waals surface area (Å²) in [6.45, 7) is 7.17. The number of nitrogens with two attached hydrogens (primary N) is 1. The third-order valence-corrected chi connectivity index (χ3v) is 8.02. The van der Waals surface area contributed by atoms with Crippen LogP contribution >= 0.6 is 11.3 Å². The van der Waals surface area contributed by atoms with E-state index < -0.39 is 9.84 Å². The van der Waals surface area contributed by atoms with Gasteiger partial charge in [-0.3, -0.25) is 4.98 Å². The second-order valence-electron chi connectivity index (χ2n) is 8.64. The molecule has 0 saturated carbocycles. The second kappa shape index (κ2) is 10.4. The maximum atomic E-state index is 12.7. The molecule has 0 aliphatic rings. The number of nitrogens with zero attached hydrogens (tertiary/aromatic N) is 5. The fourth-order valence-corrected chi connectivity index (χ4v) is 5.87. The summed E-state index contributed by atoms with van der Waals surface area (Å²) >= 11 is 1.59. The van der Waals surface area contributed by atoms with Gasteiger partial charge in [0, 0.05) is 40.7 Å². The zero-order valence-corrected chi connectivity index (χ0v) is 22.1. The second-order valence-corrected chi connectivity index (χ2v) is 11.8. The molecule has 4 aromatic rings. The van der Waals surface area contributed by atoms with Gasteiger partial charge < -0.3 is 11.1 Å². The van der Waals surface area contributed by atoms with Gasteiger partial charge in [-0.05, 0) is 45.2 Å². The minimum atomic E-state index is -3.60. The molecule has 9 nitrogen and oxygen atoms in total. The Labute approximate surface area is 209 Å². The van der Waals surface area contributed by atoms with Gasteiger partial charge in [-0.25, -0.2) is 18.4 Å². The molecule has 0 radical (unpaired) electrons. The molecular weight excluding hydrogens is 482 g/mol. The highest BCUT2D eigenvalue weighted by Gasteiger charge is 2.24. The number of fused-ring (bicyclic) bond motifs is 1. The third-order valence-electron chi connectivity index (χ3n) is 5.90. The Bertz CT molecular complexity index is 1430. The van der Waals surface area contributed by atoms with Crippen LogP contribution in [-0.4, -0.2) is 51.8 Å². The third kappa shape index (κ3) is 5.36. The summed E-state index contributed by atoms with van der Waals surface area (Å²) in [6, 6.07) is 4.13. The zero-order chi connectivity index (χ0) is 25.2. The van der Waals surface area contributed by atoms with Gasteiger partial charge in [-0.15, -0.1) is 11.3 Å². The van der Waals surface area contributed by atoms with Crippen molar-refractivity contribution in [3.63, 3.8) is 0 Å². The number of aryl methyl sites for hydroxylation is 2. The number of anilines is 1. The topological polar surface area (TPSA) is 128 Å². The van der Waals surface area contributed by atoms with Gasteiger partial charge in [0.1, 0.15) is 15.7 Å². The smallest absolute Gasteiger partial charge is 0.180 e. The van der Waals surface area contributed by atoms with Crippen molar-refractivity contribution in [1.29, 1.82) is 0 Å². The highest BCUT2D eigenvalue weighted by atomic mass is 32.2. The Morgan fingerprint density at radius 1 is 1.17 bits per heavy atom. The van der Waals surface area contributed by atoms with E-state index in [0.29, 0.717) is 17.8 Å². The van der Waals surface area contributed by atoms with Crippen LogP contribution in [0.1, 0.15) is 43.7 Å². The van der Waals surface area contributed by atoms with E-state index in [9.17, 15) is 8.42 Å². The maximum absolute atomic E-state index is 12.7. The number of pyridine rings is 1. The number of thiazole rings is 1. The number of rotatable bonds is 10. The standard InChI is InChI=1S/C24H31N7O2S2/c1-5-11-26-17(6-2)8-10-19-21(35(4,32)33)22(25)31-23(30-19)18(14-29-31)16-7-9-20(27-13-16)24-28-12-15(3)34-24/h7,9,12-14,17,26H,5-6,8,10-11,25H2,1-4H3/t17-/m1/s1. The molecule has 0 bridgehead atoms. The molecule has 186 valence electrons. The van der Waals surface area contributed by atoms with E-state index in [1.165, 1.54) is 4.52 Å². The summed E-state index contributed by atoms with van der Waals surface area (Å²) < 4.78 is 26.7. The first-order chi connectivity index (χ1) is 16.7. The number of hydrogen-bond donors (Lipinski definition) is 2. The van der Waals surface area contributed by atoms with Crippen LogP contribution < -0.4 is 11.1 Å². The predicted molar refractivity (Wildman–Crippen MR) is 140 cm³/mol. The lowest BCUT2D eigenvalue weighted by Crippen LogP contribution is -2.30. The molecule has 0 aliphatic heterocycles. The van der Waals surface area contributed by atoms with Gasteiger partial charge in [0.25, 0.3) is 0 Å². The van der Waals surface area contributed by atoms with Gasteiger partial charge in [0.2, 0.25) is 0 Å². The lowest BCUT2D eigenvalue weighted by atomic mass is 10.1. The Kier molecular flexibility index (Phi) is 7.48. The molecule has 11 heteroatoms. The van der Waals surface area contributed by atoms with Gasteiger partial charge in [-0.2, -0.15) is 9.61 Å². The largest absolute Gasteiger partial charge is 0.382 e. The van der Waals surface area contributed by atoms with E-state index in [2.05, 4.69) is 34.2 Å². The molecule has 0 aromatic carbocycles. The quantitative estimate of drug-likeness (QED) is 0.327. The summed E-state index contributed by atoms with van der Waals surface area (Å²) in [5.41, 5.74) is 9.70. The van der Waals surface area contributed by atoms with Crippen molar-refractivity contribution >= 4 is 32.6 Å². The maximum Gasteiger partial charge on any atom is 0.180 e. The van der Waals surface area contributed by atoms with Crippen LogP contribution in [0, 0.1) is 6.92 Å². The molecular formula is C24H31N7O2S2. The molecule has 0 amide bonds. The molecule has 0 saturated heterocycles. The molecule has 1 atom stereocenters. The molecule has 0 fully saturated rings. The number of sulfone groups is 1. The fourth-order valence-electron chi connectivity index (χ4n) is 4.09. The van der Waals surface area contributed by atoms with Crippen molar-refractivity contribution in [2.45, 2.75) is 57.4 Å². The van der Waals surface area contributed by atoms with Crippen molar-refractivity contribution in [2.75, 3.05) is 18.5 Å². The fraction of sp³-hybridized carbons (Fsp3) is 0.417. The minimum Gasteiger partial charge on any atom is -0.382 e. The van der Waals surface area contributed by atoms with Crippen molar-refractivity contribution < 1.29 is 8.42 Å². The van der Waals surface area contributed by atoms with Crippen LogP contribution in [0.3, 0.4) is 0 Å². The predicted octanol–water partition coefficient (Wildman–Crippen LogP) is 3.92. The van der Waals surface area contributed by atoms with Gasteiger partial charge in [0.15, 0.2) is 15.5 Å². The van der Waals surface area contributed by atoms with Crippen LogP contribution in [0.5, 0.6) is 0 Å². The van der Waals surface area contributed by atoms with E-state index in [1.54, 1.807) is 23.7 Å². The van der Waals surface area contributed by atoms with E-state index >= 15 is 0 Å². The Morgan fingerprint density at radius 2 is 1.97 bits per heavy atom. The monoisotopic (exact) mass is 513 g/mol. The summed E-state index contributed by atoms with van der Waals surface area (Å²) in [7, 11) is -3.60. The lowest BCUT2D eigenvalue weighted by Gasteiger charge is -2.18. The summed E-state index contributed by atoms with van der Waals surface area (Å²) in [5.74, 6) is 0.0798. The van der Waals surface area contributed by atoms with E-state index in [0.717, 1.165) is 58.8 Å². The van der Waals surface area contributed by atoms with Crippen LogP contribution in [-0.2, 0) is 16.3 Å². The SMILES string of the molecule is CCCN[C@H](CC)CCc1nc2c(-c3ccc(-c4ncc(C)s4)nc3)cnn2c(N)c1S(C)(=O)=O. The van der Waals surface area contributed by atoms with Crippen LogP contribution in [0.15, 0.2) is 35.6 Å². The zero-order valence-electron chi connectivity index (χ0n) is 20.4. The molecule has 4 rings (SSSR count). The number of hydrogen-bond acceptors (Lipinski definition) is 9. The highest BCUT2D eigenvalue weighted by Crippen LogP contribution is 2.31. The van der Waals surface area contributed by atoms with E-state index in [-0.39, 0.29) is 16.8 Å². The molecule has 0 unspecified atom stereocenters. The summed E-state index contributed by atoms with van der Waals surface area (Å²) in [6.07, 6.45) is 9.63. The first-order valence-corrected chi connectivity index (χ1v) is 14.4. The Morgan fingerprint density at radius 3 is 2.57 bits per heavy atom. The Balaban J connectivity index is 1.74. The lowest BCUT2D eigenvalue weighted by molar-refractivity contribution is 0.465.